The van der Waals surface area contributed by atoms with Gasteiger partial charge >= 0.3 is 0 Å². The number of carbonyl (C=O) groups is 1. The molecule has 1 N–H and O–H groups in total. The van der Waals surface area contributed by atoms with Crippen LogP contribution in [0.2, 0.25) is 0 Å². The van der Waals surface area contributed by atoms with Crippen LogP contribution in [0.15, 0.2) is 102 Å². The Bertz CT molecular complexity index is 1450. The van der Waals surface area contributed by atoms with Gasteiger partial charge in [-0.25, -0.2) is 9.37 Å². The van der Waals surface area contributed by atoms with Crippen LogP contribution in [0.4, 0.5) is 10.1 Å². The monoisotopic (exact) mass is 523 g/mol. The number of Topliss-reactive ketones (excluding diaryl/α,β-unsaturated/α-hetero) is 1. The van der Waals surface area contributed by atoms with Crippen LogP contribution in [0.25, 0.3) is 0 Å². The number of nitrogens with one attached hydrogen (secondary N) is 1. The van der Waals surface area contributed by atoms with Crippen molar-refractivity contribution in [2.75, 3.05) is 6.61 Å². The Hall–Kier alpha value is -4.36. The Kier molecular flexibility index (Phi) is 8.39. The molecule has 1 aliphatic rings. The van der Waals surface area contributed by atoms with Crippen LogP contribution in [-0.4, -0.2) is 28.1 Å². The number of halogens is 1. The number of ether oxygens (including phenoxy) is 2. The summed E-state index contributed by atoms with van der Waals surface area (Å²) in [5.41, 5.74) is 5.32. The van der Waals surface area contributed by atoms with E-state index >= 15 is 0 Å². The number of hydrogen-bond donors (Lipinski definition) is 1. The first-order chi connectivity index (χ1) is 19.0. The van der Waals surface area contributed by atoms with E-state index in [-0.39, 0.29) is 23.9 Å². The van der Waals surface area contributed by atoms with Gasteiger partial charge in [-0.05, 0) is 66.3 Å². The number of carbonyl (C=O) groups excluding carboxylic acids is 1. The zero-order valence-electron chi connectivity index (χ0n) is 21.6. The molecule has 0 bridgehead atoms. The Morgan fingerprint density at radius 1 is 1.03 bits per heavy atom. The highest BCUT2D eigenvalue weighted by molar-refractivity contribution is 5.98. The summed E-state index contributed by atoms with van der Waals surface area (Å²) in [6.07, 6.45) is 5.51. The Morgan fingerprint density at radius 3 is 2.59 bits per heavy atom. The second-order valence-corrected chi connectivity index (χ2v) is 9.63. The summed E-state index contributed by atoms with van der Waals surface area (Å²) >= 11 is 0. The maximum absolute atomic E-state index is 13.3. The zero-order valence-corrected chi connectivity index (χ0v) is 21.6. The third-order valence-corrected chi connectivity index (χ3v) is 6.72. The number of fused-ring (bicyclic) bond motifs is 1. The molecule has 39 heavy (non-hydrogen) atoms. The van der Waals surface area contributed by atoms with Crippen molar-refractivity contribution in [2.24, 2.45) is 10.9 Å². The summed E-state index contributed by atoms with van der Waals surface area (Å²) in [7, 11) is 0. The fourth-order valence-corrected chi connectivity index (χ4v) is 4.59. The number of allylic oxidation sites excluding steroid dienone is 1. The number of aryl methyl sites for hydroxylation is 1. The molecule has 198 valence electrons. The number of H-pyrrole nitrogens is 1. The molecule has 5 rings (SSSR count). The second-order valence-electron chi connectivity index (χ2n) is 9.63. The number of aliphatic imine (C=N–C) groups is 1. The fourth-order valence-electron chi connectivity index (χ4n) is 4.59. The molecule has 2 heterocycles. The maximum atomic E-state index is 13.3. The highest BCUT2D eigenvalue weighted by Gasteiger charge is 2.24. The minimum atomic E-state index is -0.313. The van der Waals surface area contributed by atoms with Crippen molar-refractivity contribution in [2.45, 2.75) is 32.3 Å². The summed E-state index contributed by atoms with van der Waals surface area (Å²) in [5, 5.41) is 0. The largest absolute Gasteiger partial charge is 0.457 e. The number of imidazole rings is 1. The topological polar surface area (TPSA) is 76.6 Å². The van der Waals surface area contributed by atoms with Gasteiger partial charge in [-0.3, -0.25) is 9.79 Å². The Balaban J connectivity index is 1.33. The lowest BCUT2D eigenvalue weighted by Crippen LogP contribution is -2.25. The van der Waals surface area contributed by atoms with Gasteiger partial charge in [-0.2, -0.15) is 0 Å². The first-order valence-electron chi connectivity index (χ1n) is 13.0. The van der Waals surface area contributed by atoms with E-state index < -0.39 is 0 Å². The Labute approximate surface area is 227 Å². The summed E-state index contributed by atoms with van der Waals surface area (Å²) < 4.78 is 25.3. The molecule has 3 aromatic carbocycles. The van der Waals surface area contributed by atoms with Crippen molar-refractivity contribution < 1.29 is 18.7 Å². The predicted molar refractivity (Wildman–Crippen MR) is 149 cm³/mol. The molecular weight excluding hydrogens is 493 g/mol. The van der Waals surface area contributed by atoms with E-state index in [0.717, 1.165) is 41.1 Å². The predicted octanol–water partition coefficient (Wildman–Crippen LogP) is 6.95. The van der Waals surface area contributed by atoms with Gasteiger partial charge in [0.15, 0.2) is 5.78 Å². The molecule has 0 amide bonds. The van der Waals surface area contributed by atoms with Gasteiger partial charge in [-0.1, -0.05) is 43.0 Å². The molecule has 0 fully saturated rings. The molecule has 7 heteroatoms. The van der Waals surface area contributed by atoms with E-state index in [2.05, 4.69) is 16.5 Å². The number of nitrogens with zero attached hydrogens (tertiary/aromatic N) is 2. The molecule has 4 aromatic rings. The van der Waals surface area contributed by atoms with E-state index in [1.54, 1.807) is 24.7 Å². The van der Waals surface area contributed by atoms with Gasteiger partial charge in [0.25, 0.3) is 0 Å². The molecule has 1 atom stereocenters. The molecule has 0 saturated heterocycles. The lowest BCUT2D eigenvalue weighted by atomic mass is 9.88. The van der Waals surface area contributed by atoms with E-state index in [1.165, 1.54) is 12.1 Å². The van der Waals surface area contributed by atoms with Gasteiger partial charge < -0.3 is 14.5 Å². The first-order valence-corrected chi connectivity index (χ1v) is 13.0. The van der Waals surface area contributed by atoms with Crippen LogP contribution in [0, 0.1) is 11.7 Å². The first kappa shape index (κ1) is 26.3. The molecular formula is C32H30FN3O3. The van der Waals surface area contributed by atoms with Crippen LogP contribution < -0.4 is 4.74 Å². The van der Waals surface area contributed by atoms with Crippen molar-refractivity contribution >= 4 is 17.2 Å². The molecule has 0 aliphatic carbocycles. The highest BCUT2D eigenvalue weighted by atomic mass is 19.1. The van der Waals surface area contributed by atoms with Gasteiger partial charge in [0.2, 0.25) is 0 Å². The number of hydrogen-bond acceptors (Lipinski definition) is 5. The normalized spacial score (nSPS) is 13.3. The summed E-state index contributed by atoms with van der Waals surface area (Å²) in [6.45, 7) is 5.01. The fraction of sp³-hybridized carbons (Fsp3) is 0.219. The molecule has 1 unspecified atom stereocenters. The minimum absolute atomic E-state index is 0.0286. The number of ketones is 1. The Morgan fingerprint density at radius 2 is 1.82 bits per heavy atom. The zero-order chi connectivity index (χ0) is 27.0. The second kappa shape index (κ2) is 12.5. The number of aromatic nitrogens is 2. The van der Waals surface area contributed by atoms with Crippen molar-refractivity contribution in [3.8, 4) is 11.5 Å². The summed E-state index contributed by atoms with van der Waals surface area (Å²) in [6, 6.07) is 21.7. The van der Waals surface area contributed by atoms with Gasteiger partial charge in [-0.15, -0.1) is 0 Å². The van der Waals surface area contributed by atoms with E-state index in [4.69, 9.17) is 14.5 Å². The molecule has 0 spiro atoms. The molecule has 6 nitrogen and oxygen atoms in total. The van der Waals surface area contributed by atoms with E-state index in [1.807, 2.05) is 48.5 Å². The lowest BCUT2D eigenvalue weighted by molar-refractivity contribution is -0.115. The lowest BCUT2D eigenvalue weighted by Gasteiger charge is -2.24. The average molecular weight is 524 g/mol. The summed E-state index contributed by atoms with van der Waals surface area (Å²) in [5.74, 6) is 0.741. The number of benzene rings is 3. The average Bonchev–Trinajstić information content (AvgIpc) is 3.47. The van der Waals surface area contributed by atoms with Crippen molar-refractivity contribution in [3.63, 3.8) is 0 Å². The van der Waals surface area contributed by atoms with Gasteiger partial charge in [0.1, 0.15) is 17.3 Å². The highest BCUT2D eigenvalue weighted by Crippen LogP contribution is 2.34. The maximum Gasteiger partial charge on any atom is 0.164 e. The van der Waals surface area contributed by atoms with Crippen molar-refractivity contribution in [1.82, 2.24) is 9.97 Å². The van der Waals surface area contributed by atoms with Crippen LogP contribution in [-0.2, 0) is 29.0 Å². The van der Waals surface area contributed by atoms with Crippen LogP contribution >= 0.6 is 0 Å². The molecule has 0 radical (unpaired) electrons. The minimum Gasteiger partial charge on any atom is -0.457 e. The third-order valence-electron chi connectivity index (χ3n) is 6.72. The SMILES string of the molecule is C=C(CC(COCc1ccccc1)C1=Nc2cc(Oc3ccc(F)cc3)ccc2CC1)C(=O)Cc1cnc[nH]1. The summed E-state index contributed by atoms with van der Waals surface area (Å²) in [4.78, 5) is 24.9. The van der Waals surface area contributed by atoms with Crippen LogP contribution in [0.5, 0.6) is 11.5 Å². The van der Waals surface area contributed by atoms with E-state index in [0.29, 0.717) is 36.7 Å². The third kappa shape index (κ3) is 7.15. The molecule has 1 aromatic heterocycles. The van der Waals surface area contributed by atoms with Crippen molar-refractivity contribution in [1.29, 1.82) is 0 Å². The standard InChI is InChI=1S/C32H30FN3O3/c1-22(32(37)16-27-18-34-21-35-27)15-25(20-38-19-23-5-3-2-4-6-23)30-14-8-24-7-11-29(17-31(24)36-30)39-28-12-9-26(33)10-13-28/h2-7,9-13,17-18,21,25H,1,8,14-16,19-20H2,(H,34,35). The number of aromatic amines is 1. The van der Waals surface area contributed by atoms with Gasteiger partial charge in [0.05, 0.1) is 31.6 Å². The quantitative estimate of drug-likeness (QED) is 0.204. The number of rotatable bonds is 12. The van der Waals surface area contributed by atoms with Crippen molar-refractivity contribution in [3.05, 3.63) is 120 Å². The van der Waals surface area contributed by atoms with E-state index in [9.17, 15) is 9.18 Å². The van der Waals surface area contributed by atoms with Gasteiger partial charge in [0, 0.05) is 29.6 Å². The molecule has 0 saturated carbocycles. The van der Waals surface area contributed by atoms with Crippen LogP contribution in [0.3, 0.4) is 0 Å². The molecule has 1 aliphatic heterocycles. The smallest absolute Gasteiger partial charge is 0.164 e. The van der Waals surface area contributed by atoms with Crippen LogP contribution in [0.1, 0.15) is 29.7 Å².